The molecule has 0 fully saturated rings. The van der Waals surface area contributed by atoms with Crippen LogP contribution in [0.25, 0.3) is 0 Å². The van der Waals surface area contributed by atoms with Crippen LogP contribution in [0, 0.1) is 29.1 Å². The third-order valence-corrected chi connectivity index (χ3v) is 2.36. The van der Waals surface area contributed by atoms with Crippen molar-refractivity contribution in [2.45, 2.75) is 0 Å². The molecule has 5 nitrogen and oxygen atoms in total. The van der Waals surface area contributed by atoms with Gasteiger partial charge in [-0.3, -0.25) is 9.89 Å². The molecule has 0 radical (unpaired) electrons. The molecule has 10 heteroatoms. The van der Waals surface area contributed by atoms with Gasteiger partial charge in [-0.25, -0.2) is 22.0 Å². The van der Waals surface area contributed by atoms with E-state index in [1.807, 2.05) is 0 Å². The van der Waals surface area contributed by atoms with Crippen molar-refractivity contribution in [3.8, 4) is 0 Å². The Hall–Kier alpha value is -2.65. The van der Waals surface area contributed by atoms with Crippen LogP contribution in [0.3, 0.4) is 0 Å². The van der Waals surface area contributed by atoms with Crippen molar-refractivity contribution in [1.82, 2.24) is 10.2 Å². The van der Waals surface area contributed by atoms with E-state index in [1.165, 1.54) is 0 Å². The molecule has 4 N–H and O–H groups in total. The van der Waals surface area contributed by atoms with Gasteiger partial charge in [0.25, 0.3) is 5.91 Å². The first kappa shape index (κ1) is 13.8. The molecular weight excluding hydrogens is 287 g/mol. The van der Waals surface area contributed by atoms with E-state index < -0.39 is 40.7 Å². The number of aromatic amines is 1. The Labute approximate surface area is 107 Å². The normalized spacial score (nSPS) is 10.7. The van der Waals surface area contributed by atoms with Crippen LogP contribution in [-0.2, 0) is 0 Å². The van der Waals surface area contributed by atoms with Crippen LogP contribution in [-0.4, -0.2) is 16.1 Å². The summed E-state index contributed by atoms with van der Waals surface area (Å²) >= 11 is 0. The second-order valence-corrected chi connectivity index (χ2v) is 3.60. The number of nitrogens with two attached hydrogens (primary N) is 1. The second kappa shape index (κ2) is 4.79. The fourth-order valence-corrected chi connectivity index (χ4v) is 1.37. The van der Waals surface area contributed by atoms with E-state index >= 15 is 0 Å². The van der Waals surface area contributed by atoms with E-state index in [4.69, 9.17) is 5.73 Å². The summed E-state index contributed by atoms with van der Waals surface area (Å²) in [4.78, 5) is 11.6. The van der Waals surface area contributed by atoms with Crippen LogP contribution in [0.2, 0.25) is 0 Å². The molecule has 0 aliphatic carbocycles. The minimum atomic E-state index is -2.32. The number of hydrogen-bond donors (Lipinski definition) is 3. The van der Waals surface area contributed by atoms with Crippen molar-refractivity contribution in [3.63, 3.8) is 0 Å². The molecule has 106 valence electrons. The van der Waals surface area contributed by atoms with Crippen molar-refractivity contribution >= 4 is 17.4 Å². The highest BCUT2D eigenvalue weighted by Gasteiger charge is 2.27. The van der Waals surface area contributed by atoms with Crippen molar-refractivity contribution in [2.24, 2.45) is 0 Å². The Kier molecular flexibility index (Phi) is 3.30. The van der Waals surface area contributed by atoms with Gasteiger partial charge in [-0.2, -0.15) is 5.10 Å². The first-order chi connectivity index (χ1) is 9.34. The van der Waals surface area contributed by atoms with E-state index in [1.54, 1.807) is 5.32 Å². The third kappa shape index (κ3) is 2.04. The van der Waals surface area contributed by atoms with Crippen LogP contribution < -0.4 is 11.1 Å². The molecule has 1 aromatic carbocycles. The number of rotatable bonds is 2. The molecular formula is C10H5F5N4O. The highest BCUT2D eigenvalue weighted by atomic mass is 19.2. The van der Waals surface area contributed by atoms with Crippen LogP contribution in [0.15, 0.2) is 6.20 Å². The van der Waals surface area contributed by atoms with Crippen LogP contribution in [0.5, 0.6) is 0 Å². The fourth-order valence-electron chi connectivity index (χ4n) is 1.37. The quantitative estimate of drug-likeness (QED) is 0.449. The van der Waals surface area contributed by atoms with Crippen molar-refractivity contribution in [2.75, 3.05) is 11.1 Å². The van der Waals surface area contributed by atoms with E-state index in [-0.39, 0.29) is 11.4 Å². The van der Waals surface area contributed by atoms with E-state index in [0.717, 1.165) is 6.20 Å². The molecule has 0 atom stereocenters. The molecule has 0 saturated heterocycles. The molecule has 0 spiro atoms. The molecule has 1 heterocycles. The third-order valence-electron chi connectivity index (χ3n) is 2.36. The number of H-pyrrole nitrogens is 1. The molecule has 1 amide bonds. The minimum Gasteiger partial charge on any atom is -0.383 e. The lowest BCUT2D eigenvalue weighted by Crippen LogP contribution is -2.17. The first-order valence-electron chi connectivity index (χ1n) is 4.96. The molecule has 1 aromatic heterocycles. The number of carbonyl (C=O) groups excluding carboxylic acids is 1. The maximum atomic E-state index is 13.3. The van der Waals surface area contributed by atoms with Gasteiger partial charge in [0.05, 0.1) is 6.20 Å². The number of carbonyl (C=O) groups is 1. The van der Waals surface area contributed by atoms with Crippen molar-refractivity contribution in [1.29, 1.82) is 0 Å². The minimum absolute atomic E-state index is 0.230. The van der Waals surface area contributed by atoms with Gasteiger partial charge in [0.15, 0.2) is 23.3 Å². The summed E-state index contributed by atoms with van der Waals surface area (Å²) < 4.78 is 65.3. The number of amides is 1. The number of anilines is 2. The molecule has 2 rings (SSSR count). The Morgan fingerprint density at radius 3 is 2.00 bits per heavy atom. The van der Waals surface area contributed by atoms with Gasteiger partial charge >= 0.3 is 0 Å². The number of benzene rings is 1. The zero-order valence-corrected chi connectivity index (χ0v) is 9.40. The zero-order chi connectivity index (χ0) is 15.0. The van der Waals surface area contributed by atoms with E-state index in [9.17, 15) is 26.7 Å². The maximum Gasteiger partial charge on any atom is 0.261 e. The SMILES string of the molecule is Nc1[nH]ncc1C(=O)Nc1c(F)c(F)c(F)c(F)c1F. The van der Waals surface area contributed by atoms with Gasteiger partial charge in [-0.05, 0) is 0 Å². The number of nitrogen functional groups attached to an aromatic ring is 1. The number of nitrogens with one attached hydrogen (secondary N) is 2. The topological polar surface area (TPSA) is 83.8 Å². The van der Waals surface area contributed by atoms with Gasteiger partial charge in [0, 0.05) is 0 Å². The average Bonchev–Trinajstić information content (AvgIpc) is 2.85. The van der Waals surface area contributed by atoms with Crippen LogP contribution in [0.4, 0.5) is 33.5 Å². The zero-order valence-electron chi connectivity index (χ0n) is 9.40. The molecule has 0 aliphatic heterocycles. The van der Waals surface area contributed by atoms with Gasteiger partial charge in [-0.15, -0.1) is 0 Å². The Morgan fingerprint density at radius 2 is 1.55 bits per heavy atom. The number of aromatic nitrogens is 2. The summed E-state index contributed by atoms with van der Waals surface area (Å²) in [5.74, 6) is -12.4. The van der Waals surface area contributed by atoms with E-state index in [0.29, 0.717) is 0 Å². The smallest absolute Gasteiger partial charge is 0.261 e. The molecule has 2 aromatic rings. The van der Waals surface area contributed by atoms with E-state index in [2.05, 4.69) is 10.2 Å². The fraction of sp³-hybridized carbons (Fsp3) is 0. The molecule has 0 unspecified atom stereocenters. The van der Waals surface area contributed by atoms with Gasteiger partial charge in [0.1, 0.15) is 17.1 Å². The Bertz CT molecular complexity index is 670. The molecule has 0 bridgehead atoms. The predicted molar refractivity (Wildman–Crippen MR) is 57.2 cm³/mol. The van der Waals surface area contributed by atoms with Gasteiger partial charge < -0.3 is 11.1 Å². The van der Waals surface area contributed by atoms with Crippen LogP contribution in [0.1, 0.15) is 10.4 Å². The average molecular weight is 292 g/mol. The maximum absolute atomic E-state index is 13.3. The van der Waals surface area contributed by atoms with Gasteiger partial charge in [0.2, 0.25) is 5.82 Å². The lowest BCUT2D eigenvalue weighted by Gasteiger charge is -2.09. The Morgan fingerprint density at radius 1 is 1.05 bits per heavy atom. The monoisotopic (exact) mass is 292 g/mol. The summed E-state index contributed by atoms with van der Waals surface area (Å²) in [6, 6.07) is 0. The number of hydrogen-bond acceptors (Lipinski definition) is 3. The highest BCUT2D eigenvalue weighted by molar-refractivity contribution is 6.07. The summed E-state index contributed by atoms with van der Waals surface area (Å²) in [5.41, 5.74) is 3.50. The van der Waals surface area contributed by atoms with Crippen LogP contribution >= 0.6 is 0 Å². The highest BCUT2D eigenvalue weighted by Crippen LogP contribution is 2.27. The van der Waals surface area contributed by atoms with Crippen molar-refractivity contribution < 1.29 is 26.7 Å². The standard InChI is InChI=1S/C10H5F5N4O/c11-3-4(12)6(14)8(7(15)5(3)13)18-10(20)2-1-17-19-9(2)16/h1H,(H,18,20)(H3,16,17,19). The van der Waals surface area contributed by atoms with Crippen molar-refractivity contribution in [3.05, 3.63) is 40.8 Å². The largest absolute Gasteiger partial charge is 0.383 e. The molecule has 0 saturated carbocycles. The summed E-state index contributed by atoms with van der Waals surface area (Å²) in [5, 5.41) is 7.09. The number of halogens is 5. The predicted octanol–water partition coefficient (Wildman–Crippen LogP) is 1.94. The summed E-state index contributed by atoms with van der Waals surface area (Å²) in [6.45, 7) is 0. The molecule has 0 aliphatic rings. The molecule has 20 heavy (non-hydrogen) atoms. The summed E-state index contributed by atoms with van der Waals surface area (Å²) in [7, 11) is 0. The lowest BCUT2D eigenvalue weighted by atomic mass is 10.2. The lowest BCUT2D eigenvalue weighted by molar-refractivity contribution is 0.102. The first-order valence-corrected chi connectivity index (χ1v) is 4.96. The number of nitrogens with zero attached hydrogens (tertiary/aromatic N) is 1. The second-order valence-electron chi connectivity index (χ2n) is 3.60. The summed E-state index contributed by atoms with van der Waals surface area (Å²) in [6.07, 6.45) is 0.927. The van der Waals surface area contributed by atoms with Gasteiger partial charge in [-0.1, -0.05) is 0 Å². The Balaban J connectivity index is 2.45.